The molecule has 1 aromatic carbocycles. The number of nitrogens with one attached hydrogen (secondary N) is 1. The van der Waals surface area contributed by atoms with Crippen LogP contribution in [0.5, 0.6) is 0 Å². The monoisotopic (exact) mass is 285 g/mol. The maximum atomic E-state index is 12.5. The van der Waals surface area contributed by atoms with Crippen LogP contribution in [0.15, 0.2) is 39.9 Å². The highest BCUT2D eigenvalue weighted by molar-refractivity contribution is 5.94. The molecule has 2 heterocycles. The second-order valence-corrected chi connectivity index (χ2v) is 5.18. The Morgan fingerprint density at radius 2 is 1.71 bits per heavy atom. The molecule has 6 nitrogen and oxygen atoms in total. The molecule has 2 aromatic rings. The Balaban J connectivity index is 2.33. The first kappa shape index (κ1) is 13.4. The molecule has 21 heavy (non-hydrogen) atoms. The molecule has 1 aromatic heterocycles. The van der Waals surface area contributed by atoms with Crippen molar-refractivity contribution in [2.24, 2.45) is 14.1 Å². The summed E-state index contributed by atoms with van der Waals surface area (Å²) in [6, 6.07) is 9.39. The summed E-state index contributed by atoms with van der Waals surface area (Å²) in [6.45, 7) is 0. The Kier molecular flexibility index (Phi) is 3.01. The van der Waals surface area contributed by atoms with E-state index in [2.05, 4.69) is 5.32 Å². The molecule has 1 atom stereocenters. The highest BCUT2D eigenvalue weighted by atomic mass is 16.2. The Morgan fingerprint density at radius 3 is 2.38 bits per heavy atom. The summed E-state index contributed by atoms with van der Waals surface area (Å²) in [5.74, 6) is -0.228. The van der Waals surface area contributed by atoms with Gasteiger partial charge in [0.25, 0.3) is 5.56 Å². The molecular weight excluding hydrogens is 270 g/mol. The molecule has 1 aliphatic rings. The third-order valence-corrected chi connectivity index (χ3v) is 3.90. The fourth-order valence-corrected chi connectivity index (χ4v) is 2.78. The molecule has 108 valence electrons. The van der Waals surface area contributed by atoms with Gasteiger partial charge in [0.1, 0.15) is 5.82 Å². The number of carbonyl (C=O) groups excluding carboxylic acids is 1. The smallest absolute Gasteiger partial charge is 0.312 e. The highest BCUT2D eigenvalue weighted by Crippen LogP contribution is 2.33. The van der Waals surface area contributed by atoms with E-state index in [9.17, 15) is 14.4 Å². The van der Waals surface area contributed by atoms with E-state index in [1.54, 1.807) is 7.05 Å². The van der Waals surface area contributed by atoms with Gasteiger partial charge in [0.15, 0.2) is 0 Å². The Labute approximate surface area is 120 Å². The molecule has 0 bridgehead atoms. The Morgan fingerprint density at radius 1 is 1.05 bits per heavy atom. The van der Waals surface area contributed by atoms with E-state index in [0.29, 0.717) is 11.4 Å². The van der Waals surface area contributed by atoms with Gasteiger partial charge in [-0.25, -0.2) is 4.79 Å². The van der Waals surface area contributed by atoms with Crippen LogP contribution in [0.4, 0.5) is 5.82 Å². The van der Waals surface area contributed by atoms with Gasteiger partial charge < -0.3 is 5.32 Å². The predicted octanol–water partition coefficient (Wildman–Crippen LogP) is 0.558. The summed E-state index contributed by atoms with van der Waals surface area (Å²) in [5.41, 5.74) is 0.546. The normalized spacial score (nSPS) is 17.2. The first-order valence-electron chi connectivity index (χ1n) is 6.65. The van der Waals surface area contributed by atoms with E-state index in [0.717, 1.165) is 10.1 Å². The maximum Gasteiger partial charge on any atom is 0.332 e. The summed E-state index contributed by atoms with van der Waals surface area (Å²) in [7, 11) is 3.00. The van der Waals surface area contributed by atoms with E-state index < -0.39 is 5.69 Å². The van der Waals surface area contributed by atoms with Crippen molar-refractivity contribution in [1.82, 2.24) is 9.13 Å². The first-order chi connectivity index (χ1) is 10.0. The van der Waals surface area contributed by atoms with Crippen molar-refractivity contribution >= 4 is 11.7 Å². The van der Waals surface area contributed by atoms with Gasteiger partial charge in [0.2, 0.25) is 5.91 Å². The number of nitrogens with zero attached hydrogens (tertiary/aromatic N) is 2. The second-order valence-electron chi connectivity index (χ2n) is 5.18. The quantitative estimate of drug-likeness (QED) is 0.832. The number of fused-ring (bicyclic) bond motifs is 1. The van der Waals surface area contributed by atoms with Crippen molar-refractivity contribution in [1.29, 1.82) is 0 Å². The molecule has 1 unspecified atom stereocenters. The van der Waals surface area contributed by atoms with Crippen molar-refractivity contribution in [3.05, 3.63) is 62.3 Å². The van der Waals surface area contributed by atoms with Gasteiger partial charge in [-0.15, -0.1) is 0 Å². The van der Waals surface area contributed by atoms with Crippen LogP contribution in [0, 0.1) is 0 Å². The van der Waals surface area contributed by atoms with Gasteiger partial charge in [-0.2, -0.15) is 0 Å². The molecule has 1 amide bonds. The lowest BCUT2D eigenvalue weighted by molar-refractivity contribution is -0.116. The molecule has 0 spiro atoms. The van der Waals surface area contributed by atoms with Crippen molar-refractivity contribution < 1.29 is 4.79 Å². The van der Waals surface area contributed by atoms with Crippen LogP contribution in [0.2, 0.25) is 0 Å². The SMILES string of the molecule is Cn1c2c(c(=O)n(C)c1=O)C(c1ccccc1)CC(=O)N2. The second kappa shape index (κ2) is 4.73. The van der Waals surface area contributed by atoms with Gasteiger partial charge in [0.05, 0.1) is 5.56 Å². The van der Waals surface area contributed by atoms with Crippen LogP contribution < -0.4 is 16.6 Å². The third-order valence-electron chi connectivity index (χ3n) is 3.90. The van der Waals surface area contributed by atoms with Crippen molar-refractivity contribution in [2.75, 3.05) is 5.32 Å². The standard InChI is InChI=1S/C15H15N3O3/c1-17-13-12(14(20)18(2)15(17)21)10(8-11(19)16-13)9-6-4-3-5-7-9/h3-7,10H,8H2,1-2H3,(H,16,19). The maximum absolute atomic E-state index is 12.5. The number of carbonyl (C=O) groups is 1. The number of aromatic nitrogens is 2. The van der Waals surface area contributed by atoms with Gasteiger partial charge in [-0.3, -0.25) is 18.7 Å². The lowest BCUT2D eigenvalue weighted by Crippen LogP contribution is -2.44. The van der Waals surface area contributed by atoms with Crippen molar-refractivity contribution in [2.45, 2.75) is 12.3 Å². The zero-order valence-electron chi connectivity index (χ0n) is 11.8. The molecule has 6 heteroatoms. The Bertz CT molecular complexity index is 834. The van der Waals surface area contributed by atoms with Crippen LogP contribution in [0.3, 0.4) is 0 Å². The molecule has 0 radical (unpaired) electrons. The molecule has 0 aliphatic carbocycles. The van der Waals surface area contributed by atoms with E-state index in [-0.39, 0.29) is 23.8 Å². The van der Waals surface area contributed by atoms with Gasteiger partial charge in [-0.1, -0.05) is 30.3 Å². The summed E-state index contributed by atoms with van der Waals surface area (Å²) >= 11 is 0. The number of amides is 1. The van der Waals surface area contributed by atoms with Gasteiger partial charge in [0, 0.05) is 26.4 Å². The third kappa shape index (κ3) is 1.99. The summed E-state index contributed by atoms with van der Waals surface area (Å²) < 4.78 is 2.38. The number of hydrogen-bond donors (Lipinski definition) is 1. The minimum Gasteiger partial charge on any atom is -0.312 e. The van der Waals surface area contributed by atoms with Gasteiger partial charge in [-0.05, 0) is 5.56 Å². The number of hydrogen-bond acceptors (Lipinski definition) is 3. The number of rotatable bonds is 1. The molecule has 0 saturated heterocycles. The van der Waals surface area contributed by atoms with Crippen LogP contribution in [0.1, 0.15) is 23.5 Å². The Hall–Kier alpha value is -2.63. The van der Waals surface area contributed by atoms with Crippen LogP contribution in [0.25, 0.3) is 0 Å². The van der Waals surface area contributed by atoms with E-state index in [1.807, 2.05) is 30.3 Å². The van der Waals surface area contributed by atoms with E-state index in [1.165, 1.54) is 11.6 Å². The van der Waals surface area contributed by atoms with Crippen molar-refractivity contribution in [3.63, 3.8) is 0 Å². The fourth-order valence-electron chi connectivity index (χ4n) is 2.78. The van der Waals surface area contributed by atoms with Crippen molar-refractivity contribution in [3.8, 4) is 0 Å². The molecule has 1 aliphatic heterocycles. The van der Waals surface area contributed by atoms with Crippen LogP contribution in [-0.4, -0.2) is 15.0 Å². The topological polar surface area (TPSA) is 73.1 Å². The summed E-state index contributed by atoms with van der Waals surface area (Å²) in [6.07, 6.45) is 0.199. The molecule has 0 saturated carbocycles. The van der Waals surface area contributed by atoms with Gasteiger partial charge >= 0.3 is 5.69 Å². The number of benzene rings is 1. The minimum atomic E-state index is -0.451. The lowest BCUT2D eigenvalue weighted by atomic mass is 9.87. The zero-order valence-corrected chi connectivity index (χ0v) is 11.8. The average Bonchev–Trinajstić information content (AvgIpc) is 2.51. The summed E-state index contributed by atoms with van der Waals surface area (Å²) in [5, 5.41) is 2.65. The molecular formula is C15H15N3O3. The summed E-state index contributed by atoms with van der Waals surface area (Å²) in [4.78, 5) is 36.4. The minimum absolute atomic E-state index is 0.195. The number of anilines is 1. The van der Waals surface area contributed by atoms with E-state index in [4.69, 9.17) is 0 Å². The molecule has 3 rings (SSSR count). The zero-order chi connectivity index (χ0) is 15.1. The lowest BCUT2D eigenvalue weighted by Gasteiger charge is -2.27. The molecule has 1 N–H and O–H groups in total. The average molecular weight is 285 g/mol. The predicted molar refractivity (Wildman–Crippen MR) is 78.5 cm³/mol. The van der Waals surface area contributed by atoms with E-state index >= 15 is 0 Å². The van der Waals surface area contributed by atoms with Crippen LogP contribution >= 0.6 is 0 Å². The largest absolute Gasteiger partial charge is 0.332 e. The van der Waals surface area contributed by atoms with Crippen LogP contribution in [-0.2, 0) is 18.9 Å². The first-order valence-corrected chi connectivity index (χ1v) is 6.65. The molecule has 0 fully saturated rings. The fraction of sp³-hybridized carbons (Fsp3) is 0.267. The highest BCUT2D eigenvalue weighted by Gasteiger charge is 2.32.